The molecule has 0 aromatic heterocycles. The van der Waals surface area contributed by atoms with Crippen LogP contribution in [0.25, 0.3) is 0 Å². The number of piperidine rings is 1. The second-order valence-electron chi connectivity index (χ2n) is 6.98. The fraction of sp³-hybridized carbons (Fsp3) is 0.611. The van der Waals surface area contributed by atoms with Crippen molar-refractivity contribution in [2.24, 2.45) is 11.3 Å². The Morgan fingerprint density at radius 3 is 2.43 bits per heavy atom. The molecule has 21 heavy (non-hydrogen) atoms. The van der Waals surface area contributed by atoms with Gasteiger partial charge in [0.1, 0.15) is 0 Å². The standard InChI is InChI=1S/C18H25NO2/c20-17(21)13-18(8-9-18)14-19-10-6-16(7-11-19)12-15-4-2-1-3-5-15/h1-5,16H,6-14H2,(H,20,21). The molecule has 1 saturated heterocycles. The van der Waals surface area contributed by atoms with E-state index in [4.69, 9.17) is 5.11 Å². The van der Waals surface area contributed by atoms with Crippen molar-refractivity contribution >= 4 is 5.97 Å². The van der Waals surface area contributed by atoms with E-state index in [1.807, 2.05) is 0 Å². The largest absolute Gasteiger partial charge is 0.481 e. The van der Waals surface area contributed by atoms with Gasteiger partial charge in [-0.3, -0.25) is 4.79 Å². The molecular formula is C18H25NO2. The van der Waals surface area contributed by atoms with Crippen molar-refractivity contribution in [2.45, 2.75) is 38.5 Å². The summed E-state index contributed by atoms with van der Waals surface area (Å²) in [5, 5.41) is 9.01. The number of aliphatic carboxylic acids is 1. The predicted molar refractivity (Wildman–Crippen MR) is 83.2 cm³/mol. The van der Waals surface area contributed by atoms with E-state index in [2.05, 4.69) is 35.2 Å². The number of carboxylic acid groups (broad SMARTS) is 1. The summed E-state index contributed by atoms with van der Waals surface area (Å²) in [5.74, 6) is 0.157. The van der Waals surface area contributed by atoms with Crippen molar-refractivity contribution in [3.8, 4) is 0 Å². The maximum absolute atomic E-state index is 10.9. The quantitative estimate of drug-likeness (QED) is 0.873. The molecule has 1 aromatic carbocycles. The topological polar surface area (TPSA) is 40.5 Å². The Balaban J connectivity index is 1.44. The molecule has 3 rings (SSSR count). The highest BCUT2D eigenvalue weighted by atomic mass is 16.4. The van der Waals surface area contributed by atoms with E-state index in [9.17, 15) is 4.79 Å². The van der Waals surface area contributed by atoms with Gasteiger partial charge in [-0.15, -0.1) is 0 Å². The molecule has 3 nitrogen and oxygen atoms in total. The Hall–Kier alpha value is -1.35. The number of nitrogens with zero attached hydrogens (tertiary/aromatic N) is 1. The van der Waals surface area contributed by atoms with Gasteiger partial charge in [-0.05, 0) is 62.1 Å². The van der Waals surface area contributed by atoms with Crippen LogP contribution in [0.5, 0.6) is 0 Å². The zero-order chi connectivity index (χ0) is 14.7. The minimum Gasteiger partial charge on any atom is -0.481 e. The first kappa shape index (κ1) is 14.6. The Kier molecular flexibility index (Phi) is 4.29. The van der Waals surface area contributed by atoms with Crippen LogP contribution >= 0.6 is 0 Å². The highest BCUT2D eigenvalue weighted by Crippen LogP contribution is 2.49. The van der Waals surface area contributed by atoms with Gasteiger partial charge in [0, 0.05) is 6.54 Å². The Labute approximate surface area is 127 Å². The molecule has 0 spiro atoms. The van der Waals surface area contributed by atoms with Crippen LogP contribution in [0.1, 0.15) is 37.7 Å². The van der Waals surface area contributed by atoms with E-state index in [0.29, 0.717) is 6.42 Å². The van der Waals surface area contributed by atoms with Crippen LogP contribution in [-0.2, 0) is 11.2 Å². The molecule has 114 valence electrons. The summed E-state index contributed by atoms with van der Waals surface area (Å²) in [7, 11) is 0. The molecule has 2 fully saturated rings. The fourth-order valence-corrected chi connectivity index (χ4v) is 3.66. The first-order valence-electron chi connectivity index (χ1n) is 8.13. The number of benzene rings is 1. The van der Waals surface area contributed by atoms with Gasteiger partial charge >= 0.3 is 5.97 Å². The number of hydrogen-bond acceptors (Lipinski definition) is 2. The number of rotatable bonds is 6. The van der Waals surface area contributed by atoms with Gasteiger partial charge < -0.3 is 10.0 Å². The second kappa shape index (κ2) is 6.18. The van der Waals surface area contributed by atoms with Gasteiger partial charge in [0.25, 0.3) is 0 Å². The molecule has 1 aromatic rings. The Bertz CT molecular complexity index is 473. The van der Waals surface area contributed by atoms with Crippen LogP contribution in [0, 0.1) is 11.3 Å². The van der Waals surface area contributed by atoms with Crippen molar-refractivity contribution in [3.05, 3.63) is 35.9 Å². The average Bonchev–Trinajstić information content (AvgIpc) is 3.21. The van der Waals surface area contributed by atoms with E-state index >= 15 is 0 Å². The molecule has 1 saturated carbocycles. The van der Waals surface area contributed by atoms with Crippen LogP contribution in [-0.4, -0.2) is 35.6 Å². The Morgan fingerprint density at radius 1 is 1.19 bits per heavy atom. The molecule has 1 aliphatic carbocycles. The van der Waals surface area contributed by atoms with Gasteiger partial charge in [-0.2, -0.15) is 0 Å². The smallest absolute Gasteiger partial charge is 0.303 e. The van der Waals surface area contributed by atoms with E-state index < -0.39 is 5.97 Å². The summed E-state index contributed by atoms with van der Waals surface area (Å²) < 4.78 is 0. The van der Waals surface area contributed by atoms with Crippen molar-refractivity contribution in [3.63, 3.8) is 0 Å². The van der Waals surface area contributed by atoms with Crippen molar-refractivity contribution in [2.75, 3.05) is 19.6 Å². The zero-order valence-electron chi connectivity index (χ0n) is 12.6. The molecule has 0 amide bonds. The summed E-state index contributed by atoms with van der Waals surface area (Å²) >= 11 is 0. The molecule has 0 radical (unpaired) electrons. The summed E-state index contributed by atoms with van der Waals surface area (Å²) in [6, 6.07) is 10.8. The first-order valence-corrected chi connectivity index (χ1v) is 8.13. The van der Waals surface area contributed by atoms with Crippen LogP contribution in [0.2, 0.25) is 0 Å². The fourth-order valence-electron chi connectivity index (χ4n) is 3.66. The van der Waals surface area contributed by atoms with Crippen molar-refractivity contribution in [1.82, 2.24) is 4.90 Å². The molecule has 1 aliphatic heterocycles. The van der Waals surface area contributed by atoms with E-state index in [0.717, 1.165) is 38.4 Å². The van der Waals surface area contributed by atoms with E-state index in [1.54, 1.807) is 0 Å². The van der Waals surface area contributed by atoms with Crippen LogP contribution in [0.15, 0.2) is 30.3 Å². The molecule has 0 atom stereocenters. The molecular weight excluding hydrogens is 262 g/mol. The molecule has 0 bridgehead atoms. The first-order chi connectivity index (χ1) is 10.2. The lowest BCUT2D eigenvalue weighted by Gasteiger charge is -2.34. The lowest BCUT2D eigenvalue weighted by molar-refractivity contribution is -0.138. The third kappa shape index (κ3) is 4.07. The lowest BCUT2D eigenvalue weighted by atomic mass is 9.89. The highest BCUT2D eigenvalue weighted by Gasteiger charge is 2.45. The maximum Gasteiger partial charge on any atom is 0.303 e. The van der Waals surface area contributed by atoms with Gasteiger partial charge in [-0.1, -0.05) is 30.3 Å². The molecule has 0 unspecified atom stereocenters. The van der Waals surface area contributed by atoms with Crippen LogP contribution < -0.4 is 0 Å². The van der Waals surface area contributed by atoms with E-state index in [1.165, 1.54) is 24.8 Å². The summed E-state index contributed by atoms with van der Waals surface area (Å²) in [4.78, 5) is 13.4. The third-order valence-corrected chi connectivity index (χ3v) is 5.12. The van der Waals surface area contributed by atoms with Crippen molar-refractivity contribution in [1.29, 1.82) is 0 Å². The number of carbonyl (C=O) groups is 1. The average molecular weight is 287 g/mol. The van der Waals surface area contributed by atoms with Crippen LogP contribution in [0.3, 0.4) is 0 Å². The molecule has 1 heterocycles. The van der Waals surface area contributed by atoms with Crippen molar-refractivity contribution < 1.29 is 9.90 Å². The molecule has 2 aliphatic rings. The predicted octanol–water partition coefficient (Wildman–Crippen LogP) is 3.20. The third-order valence-electron chi connectivity index (χ3n) is 5.12. The summed E-state index contributed by atoms with van der Waals surface area (Å²) in [5.41, 5.74) is 1.55. The number of hydrogen-bond donors (Lipinski definition) is 1. The molecule has 3 heteroatoms. The summed E-state index contributed by atoms with van der Waals surface area (Å²) in [6.07, 6.45) is 6.24. The Morgan fingerprint density at radius 2 is 1.86 bits per heavy atom. The van der Waals surface area contributed by atoms with Gasteiger partial charge in [-0.25, -0.2) is 0 Å². The monoisotopic (exact) mass is 287 g/mol. The minimum atomic E-state index is -0.633. The number of carboxylic acids is 1. The molecule has 1 N–H and O–H groups in total. The van der Waals surface area contributed by atoms with Gasteiger partial charge in [0.05, 0.1) is 6.42 Å². The second-order valence-corrected chi connectivity index (χ2v) is 6.98. The zero-order valence-corrected chi connectivity index (χ0v) is 12.6. The van der Waals surface area contributed by atoms with E-state index in [-0.39, 0.29) is 5.41 Å². The SMILES string of the molecule is O=C(O)CC1(CN2CCC(Cc3ccccc3)CC2)CC1. The van der Waals surface area contributed by atoms with Gasteiger partial charge in [0.15, 0.2) is 0 Å². The number of likely N-dealkylation sites (tertiary alicyclic amines) is 1. The minimum absolute atomic E-state index is 0.109. The van der Waals surface area contributed by atoms with Crippen LogP contribution in [0.4, 0.5) is 0 Å². The summed E-state index contributed by atoms with van der Waals surface area (Å²) in [6.45, 7) is 3.27. The highest BCUT2D eigenvalue weighted by molar-refractivity contribution is 5.68. The lowest BCUT2D eigenvalue weighted by Crippen LogP contribution is -2.38. The normalized spacial score (nSPS) is 22.1. The van der Waals surface area contributed by atoms with Gasteiger partial charge in [0.2, 0.25) is 0 Å². The maximum atomic E-state index is 10.9.